The number of aliphatic hydroxyl groups excluding tert-OH is 1. The molecule has 4 nitrogen and oxygen atoms in total. The van der Waals surface area contributed by atoms with Gasteiger partial charge in [0.25, 0.3) is 0 Å². The molecule has 0 unspecified atom stereocenters. The number of halogens is 2. The number of sulfonamides is 1. The summed E-state index contributed by atoms with van der Waals surface area (Å²) in [6.07, 6.45) is -1.16. The van der Waals surface area contributed by atoms with E-state index in [0.29, 0.717) is 0 Å². The van der Waals surface area contributed by atoms with Crippen LogP contribution in [0.5, 0.6) is 0 Å². The molecule has 20 heavy (non-hydrogen) atoms. The van der Waals surface area contributed by atoms with Crippen molar-refractivity contribution in [3.05, 3.63) is 52.1 Å². The first-order chi connectivity index (χ1) is 9.40. The fraction of sp³-hybridized carbons (Fsp3) is 0.167. The Morgan fingerprint density at radius 3 is 2.75 bits per heavy atom. The molecule has 1 aromatic heterocycles. The Balaban J connectivity index is 2.05. The highest BCUT2D eigenvalue weighted by molar-refractivity contribution is 7.91. The van der Waals surface area contributed by atoms with E-state index < -0.39 is 21.9 Å². The second-order valence-corrected chi connectivity index (χ2v) is 7.32. The first kappa shape index (κ1) is 15.4. The van der Waals surface area contributed by atoms with Gasteiger partial charge >= 0.3 is 0 Å². The van der Waals surface area contributed by atoms with Crippen LogP contribution in [0.3, 0.4) is 0 Å². The molecule has 0 saturated heterocycles. The summed E-state index contributed by atoms with van der Waals surface area (Å²) in [5, 5.41) is 11.4. The van der Waals surface area contributed by atoms with Crippen LogP contribution < -0.4 is 4.72 Å². The lowest BCUT2D eigenvalue weighted by molar-refractivity contribution is 0.181. The molecule has 0 spiro atoms. The maximum absolute atomic E-state index is 13.3. The average molecular weight is 336 g/mol. The van der Waals surface area contributed by atoms with Gasteiger partial charge < -0.3 is 5.11 Å². The van der Waals surface area contributed by atoms with E-state index in [2.05, 4.69) is 4.72 Å². The van der Waals surface area contributed by atoms with Crippen molar-refractivity contribution < 1.29 is 17.9 Å². The number of thiophene rings is 1. The molecule has 0 amide bonds. The zero-order valence-electron chi connectivity index (χ0n) is 10.1. The molecule has 0 fully saturated rings. The Kier molecular flexibility index (Phi) is 4.77. The second kappa shape index (κ2) is 6.19. The molecule has 0 aliphatic carbocycles. The van der Waals surface area contributed by atoms with E-state index in [-0.39, 0.29) is 21.3 Å². The van der Waals surface area contributed by atoms with Crippen LogP contribution in [-0.4, -0.2) is 20.1 Å². The summed E-state index contributed by atoms with van der Waals surface area (Å²) >= 11 is 6.61. The molecule has 0 bridgehead atoms. The largest absolute Gasteiger partial charge is 0.387 e. The summed E-state index contributed by atoms with van der Waals surface area (Å²) in [5.74, 6) is -0.663. The van der Waals surface area contributed by atoms with E-state index in [0.717, 1.165) is 17.4 Å². The number of aliphatic hydroxyl groups is 1. The van der Waals surface area contributed by atoms with Gasteiger partial charge in [-0.2, -0.15) is 0 Å². The van der Waals surface area contributed by atoms with Crippen molar-refractivity contribution >= 4 is 33.0 Å². The summed E-state index contributed by atoms with van der Waals surface area (Å²) in [7, 11) is -3.65. The minimum atomic E-state index is -3.65. The highest BCUT2D eigenvalue weighted by atomic mass is 35.5. The van der Waals surface area contributed by atoms with Gasteiger partial charge in [0.05, 0.1) is 11.1 Å². The standard InChI is InChI=1S/C12H11ClFNO3S2/c13-9-4-3-8(6-10(9)14)11(16)7-15-20(17,18)12-2-1-5-19-12/h1-6,11,15-16H,7H2/t11-/m0/s1. The summed E-state index contributed by atoms with van der Waals surface area (Å²) in [5.41, 5.74) is 0.251. The number of benzene rings is 1. The van der Waals surface area contributed by atoms with Crippen molar-refractivity contribution in [1.82, 2.24) is 4.72 Å². The van der Waals surface area contributed by atoms with Gasteiger partial charge in [-0.15, -0.1) is 11.3 Å². The van der Waals surface area contributed by atoms with Gasteiger partial charge in [0.1, 0.15) is 10.0 Å². The molecule has 1 atom stereocenters. The van der Waals surface area contributed by atoms with E-state index >= 15 is 0 Å². The van der Waals surface area contributed by atoms with Gasteiger partial charge in [-0.25, -0.2) is 17.5 Å². The molecule has 108 valence electrons. The Bertz CT molecular complexity index is 689. The molecular weight excluding hydrogens is 325 g/mol. The zero-order valence-corrected chi connectivity index (χ0v) is 12.5. The van der Waals surface area contributed by atoms with Crippen molar-refractivity contribution in [2.75, 3.05) is 6.54 Å². The van der Waals surface area contributed by atoms with Crippen LogP contribution >= 0.6 is 22.9 Å². The smallest absolute Gasteiger partial charge is 0.250 e. The predicted octanol–water partition coefficient (Wildman–Crippen LogP) is 2.55. The number of rotatable bonds is 5. The van der Waals surface area contributed by atoms with Gasteiger partial charge in [0, 0.05) is 6.54 Å². The molecule has 0 radical (unpaired) electrons. The topological polar surface area (TPSA) is 66.4 Å². The normalized spacial score (nSPS) is 13.3. The Hall–Kier alpha value is -0.990. The molecule has 0 aliphatic heterocycles. The van der Waals surface area contributed by atoms with Crippen LogP contribution in [-0.2, 0) is 10.0 Å². The lowest BCUT2D eigenvalue weighted by atomic mass is 10.1. The SMILES string of the molecule is O=S(=O)(NC[C@H](O)c1ccc(Cl)c(F)c1)c1cccs1. The highest BCUT2D eigenvalue weighted by Crippen LogP contribution is 2.21. The predicted molar refractivity (Wildman–Crippen MR) is 75.9 cm³/mol. The Labute approximate surface area is 124 Å². The molecule has 0 aliphatic rings. The molecule has 8 heteroatoms. The van der Waals surface area contributed by atoms with Crippen molar-refractivity contribution in [3.63, 3.8) is 0 Å². The molecule has 1 heterocycles. The van der Waals surface area contributed by atoms with Gasteiger partial charge in [-0.05, 0) is 29.1 Å². The Morgan fingerprint density at radius 2 is 2.15 bits per heavy atom. The third-order valence-electron chi connectivity index (χ3n) is 2.56. The first-order valence-corrected chi connectivity index (χ1v) is 8.30. The second-order valence-electron chi connectivity index (χ2n) is 3.97. The van der Waals surface area contributed by atoms with Crippen LogP contribution in [0.25, 0.3) is 0 Å². The highest BCUT2D eigenvalue weighted by Gasteiger charge is 2.18. The Morgan fingerprint density at radius 1 is 1.40 bits per heavy atom. The minimum Gasteiger partial charge on any atom is -0.387 e. The molecule has 2 rings (SSSR count). The molecular formula is C12H11ClFNO3S2. The maximum Gasteiger partial charge on any atom is 0.250 e. The quantitative estimate of drug-likeness (QED) is 0.882. The lowest BCUT2D eigenvalue weighted by Gasteiger charge is -2.12. The van der Waals surface area contributed by atoms with Crippen LogP contribution in [0, 0.1) is 5.82 Å². The molecule has 1 aromatic carbocycles. The fourth-order valence-corrected chi connectivity index (χ4v) is 3.71. The summed E-state index contributed by atoms with van der Waals surface area (Å²) in [4.78, 5) is 0. The van der Waals surface area contributed by atoms with Crippen LogP contribution in [0.1, 0.15) is 11.7 Å². The van der Waals surface area contributed by atoms with E-state index in [4.69, 9.17) is 11.6 Å². The third-order valence-corrected chi connectivity index (χ3v) is 5.68. The number of hydrogen-bond acceptors (Lipinski definition) is 4. The summed E-state index contributed by atoms with van der Waals surface area (Å²) in [6, 6.07) is 6.90. The van der Waals surface area contributed by atoms with Crippen LogP contribution in [0.4, 0.5) is 4.39 Å². The fourth-order valence-electron chi connectivity index (χ4n) is 1.51. The molecule has 2 aromatic rings. The van der Waals surface area contributed by atoms with Gasteiger partial charge in [-0.1, -0.05) is 23.7 Å². The zero-order chi connectivity index (χ0) is 14.8. The van der Waals surface area contributed by atoms with Crippen molar-refractivity contribution in [1.29, 1.82) is 0 Å². The van der Waals surface area contributed by atoms with E-state index in [9.17, 15) is 17.9 Å². The summed E-state index contributed by atoms with van der Waals surface area (Å²) < 4.78 is 39.4. The van der Waals surface area contributed by atoms with E-state index in [1.165, 1.54) is 18.2 Å². The molecule has 0 saturated carbocycles. The van der Waals surface area contributed by atoms with Crippen molar-refractivity contribution in [2.45, 2.75) is 10.3 Å². The lowest BCUT2D eigenvalue weighted by Crippen LogP contribution is -2.28. The van der Waals surface area contributed by atoms with Gasteiger partial charge in [0.15, 0.2) is 0 Å². The monoisotopic (exact) mass is 335 g/mol. The maximum atomic E-state index is 13.3. The van der Waals surface area contributed by atoms with Crippen LogP contribution in [0.2, 0.25) is 5.02 Å². The number of nitrogens with one attached hydrogen (secondary N) is 1. The van der Waals surface area contributed by atoms with Crippen molar-refractivity contribution in [2.24, 2.45) is 0 Å². The average Bonchev–Trinajstić information content (AvgIpc) is 2.94. The van der Waals surface area contributed by atoms with Gasteiger partial charge in [0.2, 0.25) is 10.0 Å². The van der Waals surface area contributed by atoms with Crippen molar-refractivity contribution in [3.8, 4) is 0 Å². The third kappa shape index (κ3) is 3.56. The first-order valence-electron chi connectivity index (χ1n) is 5.56. The van der Waals surface area contributed by atoms with Gasteiger partial charge in [-0.3, -0.25) is 0 Å². The minimum absolute atomic E-state index is 0.0554. The van der Waals surface area contributed by atoms with Crippen LogP contribution in [0.15, 0.2) is 39.9 Å². The van der Waals surface area contributed by atoms with E-state index in [1.54, 1.807) is 11.4 Å². The van der Waals surface area contributed by atoms with E-state index in [1.807, 2.05) is 0 Å². The summed E-state index contributed by atoms with van der Waals surface area (Å²) in [6.45, 7) is -0.249. The number of hydrogen-bond donors (Lipinski definition) is 2. The molecule has 2 N–H and O–H groups in total.